The van der Waals surface area contributed by atoms with Gasteiger partial charge in [0.05, 0.1) is 24.6 Å². The molecule has 1 aliphatic heterocycles. The zero-order valence-electron chi connectivity index (χ0n) is 19.6. The minimum Gasteiger partial charge on any atom is -0.489 e. The summed E-state index contributed by atoms with van der Waals surface area (Å²) in [6, 6.07) is 3.71. The van der Waals surface area contributed by atoms with Gasteiger partial charge in [0.25, 0.3) is 5.88 Å². The van der Waals surface area contributed by atoms with E-state index in [0.717, 1.165) is 11.4 Å². The Labute approximate surface area is 197 Å². The number of methoxy groups -OCH3 is 1. The number of nitrogens with one attached hydrogen (secondary N) is 1. The summed E-state index contributed by atoms with van der Waals surface area (Å²) in [5.74, 6) is 1.85. The van der Waals surface area contributed by atoms with E-state index < -0.39 is 0 Å². The molecule has 1 saturated heterocycles. The Kier molecular flexibility index (Phi) is 7.04. The second-order valence-electron chi connectivity index (χ2n) is 8.06. The molecule has 0 aromatic carbocycles. The molecule has 34 heavy (non-hydrogen) atoms. The van der Waals surface area contributed by atoms with Gasteiger partial charge in [0.15, 0.2) is 11.6 Å². The number of pyridine rings is 1. The third-order valence-electron chi connectivity index (χ3n) is 5.27. The number of carbonyl (C=O) groups excluding carboxylic acids is 1. The summed E-state index contributed by atoms with van der Waals surface area (Å²) in [7, 11) is 1.54. The van der Waals surface area contributed by atoms with E-state index in [-0.39, 0.29) is 18.3 Å². The molecule has 0 bridgehead atoms. The molecule has 0 aliphatic carbocycles. The van der Waals surface area contributed by atoms with Crippen LogP contribution >= 0.6 is 0 Å². The molecule has 4 rings (SSSR count). The Morgan fingerprint density at radius 1 is 1.18 bits per heavy atom. The summed E-state index contributed by atoms with van der Waals surface area (Å²) in [6.45, 7) is 6.66. The topological polar surface area (TPSA) is 129 Å². The minimum atomic E-state index is -0.293. The number of amides is 1. The molecule has 3 aromatic heterocycles. The molecule has 1 N–H and O–H groups in total. The number of ether oxygens (including phenoxy) is 3. The van der Waals surface area contributed by atoms with Crippen LogP contribution in [0.15, 0.2) is 31.1 Å². The average molecular weight is 469 g/mol. The maximum atomic E-state index is 12.1. The quantitative estimate of drug-likeness (QED) is 0.552. The van der Waals surface area contributed by atoms with Crippen LogP contribution in [0, 0.1) is 6.92 Å². The molecule has 0 saturated carbocycles. The Morgan fingerprint density at radius 2 is 1.97 bits per heavy atom. The second-order valence-corrected chi connectivity index (χ2v) is 8.06. The first kappa shape index (κ1) is 23.2. The predicted octanol–water partition coefficient (Wildman–Crippen LogP) is 2.90. The van der Waals surface area contributed by atoms with E-state index >= 15 is 0 Å². The van der Waals surface area contributed by atoms with Gasteiger partial charge in [-0.05, 0) is 32.9 Å². The fraction of sp³-hybridized carbons (Fsp3) is 0.455. The van der Waals surface area contributed by atoms with Crippen molar-refractivity contribution >= 4 is 17.6 Å². The molecule has 0 atom stereocenters. The molecule has 180 valence electrons. The number of hydrogen-bond donors (Lipinski definition) is 1. The van der Waals surface area contributed by atoms with Gasteiger partial charge in [-0.25, -0.2) is 24.4 Å². The van der Waals surface area contributed by atoms with E-state index in [1.807, 2.05) is 32.9 Å². The Balaban J connectivity index is 1.44. The highest BCUT2D eigenvalue weighted by atomic mass is 16.6. The molecule has 0 spiro atoms. The molecule has 1 fully saturated rings. The van der Waals surface area contributed by atoms with Crippen molar-refractivity contribution in [2.75, 3.05) is 25.5 Å². The van der Waals surface area contributed by atoms with Crippen LogP contribution in [0.1, 0.15) is 32.4 Å². The molecule has 1 aliphatic rings. The standard InChI is InChI=1S/C22H28N8O4/c1-14(2)33-22(31)29-9-7-16(8-10-29)34-21-19(32-4)20(24-12-25-21)28-17-5-6-18(27-15(17)3)30-13-23-11-26-30/h5-6,11-14,16H,7-10H2,1-4H3,(H,24,25,28). The lowest BCUT2D eigenvalue weighted by molar-refractivity contribution is 0.0500. The van der Waals surface area contributed by atoms with Crippen molar-refractivity contribution in [1.29, 1.82) is 0 Å². The van der Waals surface area contributed by atoms with Gasteiger partial charge in [0, 0.05) is 25.9 Å². The largest absolute Gasteiger partial charge is 0.489 e. The monoisotopic (exact) mass is 468 g/mol. The van der Waals surface area contributed by atoms with Crippen molar-refractivity contribution in [1.82, 2.24) is 34.6 Å². The van der Waals surface area contributed by atoms with Gasteiger partial charge < -0.3 is 24.4 Å². The highest BCUT2D eigenvalue weighted by molar-refractivity contribution is 5.68. The van der Waals surface area contributed by atoms with Gasteiger partial charge in [-0.15, -0.1) is 0 Å². The number of likely N-dealkylation sites (tertiary alicyclic amines) is 1. The summed E-state index contributed by atoms with van der Waals surface area (Å²) < 4.78 is 18.6. The van der Waals surface area contributed by atoms with Crippen LogP contribution in [0.2, 0.25) is 0 Å². The smallest absolute Gasteiger partial charge is 0.410 e. The fourth-order valence-corrected chi connectivity index (χ4v) is 3.57. The molecule has 1 amide bonds. The van der Waals surface area contributed by atoms with Gasteiger partial charge in [-0.1, -0.05) is 0 Å². The first-order chi connectivity index (χ1) is 16.4. The number of nitrogens with zero attached hydrogens (tertiary/aromatic N) is 7. The van der Waals surface area contributed by atoms with Gasteiger partial charge in [0.2, 0.25) is 5.75 Å². The van der Waals surface area contributed by atoms with Crippen molar-refractivity contribution < 1.29 is 19.0 Å². The lowest BCUT2D eigenvalue weighted by atomic mass is 10.1. The van der Waals surface area contributed by atoms with Crippen LogP contribution in [0.3, 0.4) is 0 Å². The lowest BCUT2D eigenvalue weighted by Crippen LogP contribution is -2.42. The average Bonchev–Trinajstić information content (AvgIpc) is 3.36. The van der Waals surface area contributed by atoms with E-state index in [1.54, 1.807) is 23.0 Å². The number of aryl methyl sites for hydroxylation is 1. The van der Waals surface area contributed by atoms with E-state index in [9.17, 15) is 4.79 Å². The van der Waals surface area contributed by atoms with Crippen LogP contribution in [0.4, 0.5) is 16.3 Å². The van der Waals surface area contributed by atoms with Crippen LogP contribution in [-0.4, -0.2) is 73.1 Å². The SMILES string of the molecule is COc1c(Nc2ccc(-n3cncn3)nc2C)ncnc1OC1CCN(C(=O)OC(C)C)CC1. The van der Waals surface area contributed by atoms with Gasteiger partial charge in [-0.3, -0.25) is 0 Å². The molecular weight excluding hydrogens is 440 g/mol. The molecular formula is C22H28N8O4. The molecule has 0 radical (unpaired) electrons. The molecule has 12 heteroatoms. The van der Waals surface area contributed by atoms with Crippen molar-refractivity contribution in [2.45, 2.75) is 45.8 Å². The normalized spacial score (nSPS) is 14.2. The summed E-state index contributed by atoms with van der Waals surface area (Å²) in [5, 5.41) is 7.35. The van der Waals surface area contributed by atoms with Crippen LogP contribution in [0.25, 0.3) is 5.82 Å². The van der Waals surface area contributed by atoms with E-state index in [1.165, 1.54) is 12.7 Å². The summed E-state index contributed by atoms with van der Waals surface area (Å²) in [5.41, 5.74) is 1.50. The fourth-order valence-electron chi connectivity index (χ4n) is 3.57. The zero-order chi connectivity index (χ0) is 24.1. The maximum Gasteiger partial charge on any atom is 0.410 e. The van der Waals surface area contributed by atoms with Crippen molar-refractivity contribution in [3.63, 3.8) is 0 Å². The Bertz CT molecular complexity index is 1110. The number of rotatable bonds is 7. The number of hydrogen-bond acceptors (Lipinski definition) is 10. The highest BCUT2D eigenvalue weighted by Crippen LogP contribution is 2.35. The zero-order valence-corrected chi connectivity index (χ0v) is 19.6. The Hall–Kier alpha value is -3.96. The van der Waals surface area contributed by atoms with Crippen molar-refractivity contribution in [3.05, 3.63) is 36.8 Å². The molecule has 12 nitrogen and oxygen atoms in total. The van der Waals surface area contributed by atoms with Crippen LogP contribution in [0.5, 0.6) is 11.6 Å². The third kappa shape index (κ3) is 5.33. The van der Waals surface area contributed by atoms with Gasteiger partial charge in [0.1, 0.15) is 25.1 Å². The number of carbonyl (C=O) groups is 1. The number of aromatic nitrogens is 6. The van der Waals surface area contributed by atoms with Crippen LogP contribution < -0.4 is 14.8 Å². The molecule has 3 aromatic rings. The molecule has 4 heterocycles. The van der Waals surface area contributed by atoms with E-state index in [4.69, 9.17) is 14.2 Å². The van der Waals surface area contributed by atoms with Crippen molar-refractivity contribution in [3.8, 4) is 17.4 Å². The predicted molar refractivity (Wildman–Crippen MR) is 123 cm³/mol. The number of piperidine rings is 1. The van der Waals surface area contributed by atoms with E-state index in [0.29, 0.717) is 49.2 Å². The first-order valence-corrected chi connectivity index (χ1v) is 11.1. The second kappa shape index (κ2) is 10.3. The maximum absolute atomic E-state index is 12.1. The summed E-state index contributed by atoms with van der Waals surface area (Å²) in [4.78, 5) is 30.9. The first-order valence-electron chi connectivity index (χ1n) is 11.1. The van der Waals surface area contributed by atoms with Crippen molar-refractivity contribution in [2.24, 2.45) is 0 Å². The van der Waals surface area contributed by atoms with Gasteiger partial charge in [-0.2, -0.15) is 10.1 Å². The van der Waals surface area contributed by atoms with Crippen LogP contribution in [-0.2, 0) is 4.74 Å². The summed E-state index contributed by atoms with van der Waals surface area (Å²) >= 11 is 0. The van der Waals surface area contributed by atoms with E-state index in [2.05, 4.69) is 30.4 Å². The number of anilines is 2. The highest BCUT2D eigenvalue weighted by Gasteiger charge is 2.27. The summed E-state index contributed by atoms with van der Waals surface area (Å²) in [6.07, 6.45) is 5.24. The minimum absolute atomic E-state index is 0.106. The molecule has 0 unspecified atom stereocenters. The lowest BCUT2D eigenvalue weighted by Gasteiger charge is -2.31. The van der Waals surface area contributed by atoms with Gasteiger partial charge >= 0.3 is 6.09 Å². The Morgan fingerprint density at radius 3 is 2.62 bits per heavy atom. The third-order valence-corrected chi connectivity index (χ3v) is 5.27.